The van der Waals surface area contributed by atoms with Crippen molar-refractivity contribution in [2.75, 3.05) is 12.9 Å². The van der Waals surface area contributed by atoms with Gasteiger partial charge in [-0.3, -0.25) is 4.79 Å². The molecule has 0 rings (SSSR count). The summed E-state index contributed by atoms with van der Waals surface area (Å²) in [4.78, 5) is 9.88. The Bertz CT molecular complexity index is 50.9. The quantitative estimate of drug-likeness (QED) is 0.341. The molecule has 0 bridgehead atoms. The third kappa shape index (κ3) is 6.62. The third-order valence-corrected chi connectivity index (χ3v) is 0.615. The molecule has 0 radical (unpaired) electrons. The van der Waals surface area contributed by atoms with E-state index in [1.807, 2.05) is 0 Å². The number of rotatable bonds is 1. The summed E-state index contributed by atoms with van der Waals surface area (Å²) in [6.07, 6.45) is 0. The van der Waals surface area contributed by atoms with Crippen LogP contribution in [0.15, 0.2) is 0 Å². The molecule has 44 valence electrons. The van der Waals surface area contributed by atoms with Crippen LogP contribution in [0.1, 0.15) is 0 Å². The van der Waals surface area contributed by atoms with Crippen LogP contribution < -0.4 is 0 Å². The van der Waals surface area contributed by atoms with E-state index in [1.54, 1.807) is 0 Å². The summed E-state index contributed by atoms with van der Waals surface area (Å²) >= 11 is 3.62. The normalized spacial score (nSPS) is 6.57. The molecule has 4 heteroatoms. The molecule has 0 fully saturated rings. The summed E-state index contributed by atoms with van der Waals surface area (Å²) in [7, 11) is 1.33. The van der Waals surface area contributed by atoms with E-state index in [0.717, 1.165) is 0 Å². The van der Waals surface area contributed by atoms with Crippen molar-refractivity contribution >= 4 is 42.5 Å². The fourth-order valence-corrected chi connectivity index (χ4v) is 0.194. The van der Waals surface area contributed by atoms with Crippen molar-refractivity contribution in [3.8, 4) is 0 Å². The molecule has 0 aliphatic rings. The van der Waals surface area contributed by atoms with Gasteiger partial charge >= 0.3 is 29.9 Å². The van der Waals surface area contributed by atoms with Gasteiger partial charge in [0.1, 0.15) is 0 Å². The first kappa shape index (κ1) is 10.6. The number of hydrogen-bond acceptors (Lipinski definition) is 3. The molecule has 0 aromatic carbocycles. The summed E-state index contributed by atoms with van der Waals surface area (Å²) in [5.74, 6) is -0.130. The Kier molecular flexibility index (Phi) is 10.00. The molecular formula is C3H10O2SSn. The molecule has 0 aromatic heterocycles. The van der Waals surface area contributed by atoms with Gasteiger partial charge in [-0.25, -0.2) is 0 Å². The first-order valence-corrected chi connectivity index (χ1v) is 2.12. The van der Waals surface area contributed by atoms with E-state index in [4.69, 9.17) is 0 Å². The second-order valence-electron chi connectivity index (χ2n) is 0.734. The van der Waals surface area contributed by atoms with E-state index >= 15 is 0 Å². The van der Waals surface area contributed by atoms with Crippen LogP contribution in [0.25, 0.3) is 0 Å². The predicted octanol–water partition coefficient (Wildman–Crippen LogP) is -1.36. The Labute approximate surface area is 65.0 Å². The van der Waals surface area contributed by atoms with Crippen molar-refractivity contribution in [3.05, 3.63) is 0 Å². The molecular weight excluding hydrogens is 219 g/mol. The van der Waals surface area contributed by atoms with E-state index in [9.17, 15) is 4.79 Å². The number of thiol groups is 1. The zero-order chi connectivity index (χ0) is 4.99. The summed E-state index contributed by atoms with van der Waals surface area (Å²) in [6.45, 7) is 0. The molecule has 0 aliphatic heterocycles. The van der Waals surface area contributed by atoms with Crippen molar-refractivity contribution in [1.82, 2.24) is 0 Å². The van der Waals surface area contributed by atoms with Crippen molar-refractivity contribution in [3.63, 3.8) is 0 Å². The molecule has 7 heavy (non-hydrogen) atoms. The fraction of sp³-hybridized carbons (Fsp3) is 0.667. The van der Waals surface area contributed by atoms with Crippen molar-refractivity contribution in [1.29, 1.82) is 0 Å². The zero-order valence-corrected chi connectivity index (χ0v) is 4.37. The van der Waals surface area contributed by atoms with E-state index in [-0.39, 0.29) is 35.6 Å². The summed E-state index contributed by atoms with van der Waals surface area (Å²) in [6, 6.07) is 0. The number of hydrogen-bond donors (Lipinski definition) is 1. The van der Waals surface area contributed by atoms with Gasteiger partial charge in [-0.2, -0.15) is 12.6 Å². The van der Waals surface area contributed by atoms with Crippen molar-refractivity contribution in [2.45, 2.75) is 0 Å². The Morgan fingerprint density at radius 3 is 2.29 bits per heavy atom. The first-order chi connectivity index (χ1) is 2.81. The van der Waals surface area contributed by atoms with Crippen LogP contribution in [-0.2, 0) is 9.53 Å². The minimum absolute atomic E-state index is 0. The van der Waals surface area contributed by atoms with Gasteiger partial charge in [-0.05, 0) is 0 Å². The van der Waals surface area contributed by atoms with Gasteiger partial charge < -0.3 is 4.74 Å². The molecule has 0 N–H and O–H groups in total. The number of carbonyl (C=O) groups is 1. The van der Waals surface area contributed by atoms with Gasteiger partial charge in [0.05, 0.1) is 12.9 Å². The monoisotopic (exact) mass is 230 g/mol. The molecule has 0 atom stereocenters. The van der Waals surface area contributed by atoms with Gasteiger partial charge in [-0.1, -0.05) is 0 Å². The maximum atomic E-state index is 9.88. The van der Waals surface area contributed by atoms with E-state index in [2.05, 4.69) is 17.4 Å². The predicted molar refractivity (Wildman–Crippen MR) is 37.2 cm³/mol. The number of ether oxygens (including phenoxy) is 1. The Hall–Kier alpha value is 0.619. The zero-order valence-electron chi connectivity index (χ0n) is 3.47. The van der Waals surface area contributed by atoms with Crippen LogP contribution >= 0.6 is 12.6 Å². The minimum atomic E-state index is -0.293. The van der Waals surface area contributed by atoms with Gasteiger partial charge in [0, 0.05) is 0 Å². The van der Waals surface area contributed by atoms with Crippen molar-refractivity contribution in [2.24, 2.45) is 0 Å². The standard InChI is InChI=1S/C3H6O2S.Sn.4H/c1-5-3(4)2-6;;;;;/h6H,2H2,1H3;;;;;. The molecule has 2 nitrogen and oxygen atoms in total. The molecule has 0 unspecified atom stereocenters. The SMILES string of the molecule is COC(=O)CS.[SnH4]. The van der Waals surface area contributed by atoms with Crippen molar-refractivity contribution < 1.29 is 9.53 Å². The number of carbonyl (C=O) groups excluding carboxylic acids is 1. The average Bonchev–Trinajstić information content (AvgIpc) is 1.65. The van der Waals surface area contributed by atoms with E-state index in [0.29, 0.717) is 0 Å². The van der Waals surface area contributed by atoms with Crippen LogP contribution in [0, 0.1) is 0 Å². The number of esters is 1. The Balaban J connectivity index is 0. The fourth-order valence-electron chi connectivity index (χ4n) is 0.0645. The van der Waals surface area contributed by atoms with E-state index in [1.165, 1.54) is 7.11 Å². The van der Waals surface area contributed by atoms with Crippen LogP contribution in [0.3, 0.4) is 0 Å². The average molecular weight is 229 g/mol. The summed E-state index contributed by atoms with van der Waals surface area (Å²) in [5, 5.41) is 0. The second kappa shape index (κ2) is 6.62. The molecule has 0 spiro atoms. The van der Waals surface area contributed by atoms with E-state index < -0.39 is 0 Å². The van der Waals surface area contributed by atoms with Gasteiger partial charge in [-0.15, -0.1) is 0 Å². The Morgan fingerprint density at radius 2 is 2.29 bits per heavy atom. The summed E-state index contributed by atoms with van der Waals surface area (Å²) in [5.41, 5.74) is 0. The van der Waals surface area contributed by atoms with Gasteiger partial charge in [0.15, 0.2) is 0 Å². The third-order valence-electron chi connectivity index (χ3n) is 0.357. The molecule has 0 aliphatic carbocycles. The number of methoxy groups -OCH3 is 1. The van der Waals surface area contributed by atoms with Crippen LogP contribution in [0.5, 0.6) is 0 Å². The topological polar surface area (TPSA) is 26.3 Å². The Morgan fingerprint density at radius 1 is 1.86 bits per heavy atom. The van der Waals surface area contributed by atoms with Gasteiger partial charge in [0.25, 0.3) is 0 Å². The molecule has 0 saturated carbocycles. The summed E-state index contributed by atoms with van der Waals surface area (Å²) < 4.78 is 4.18. The first-order valence-electron chi connectivity index (χ1n) is 1.49. The maximum absolute atomic E-state index is 9.88. The van der Waals surface area contributed by atoms with Crippen LogP contribution in [0.4, 0.5) is 0 Å². The van der Waals surface area contributed by atoms with Gasteiger partial charge in [0.2, 0.25) is 0 Å². The van der Waals surface area contributed by atoms with Crippen LogP contribution in [-0.4, -0.2) is 42.7 Å². The molecule has 0 amide bonds. The molecule has 0 heterocycles. The molecule has 0 saturated heterocycles. The molecule has 0 aromatic rings. The van der Waals surface area contributed by atoms with Crippen LogP contribution in [0.2, 0.25) is 0 Å². The second-order valence-corrected chi connectivity index (χ2v) is 1.05.